The van der Waals surface area contributed by atoms with Gasteiger partial charge in [-0.3, -0.25) is 0 Å². The maximum absolute atomic E-state index is 12.2. The fraction of sp³-hybridized carbons (Fsp3) is 0.448. The molecule has 1 aromatic heterocycles. The predicted molar refractivity (Wildman–Crippen MR) is 137 cm³/mol. The highest BCUT2D eigenvalue weighted by molar-refractivity contribution is 5.75. The van der Waals surface area contributed by atoms with Crippen molar-refractivity contribution in [1.29, 1.82) is 0 Å². The average Bonchev–Trinajstić information content (AvgIpc) is 3.19. The van der Waals surface area contributed by atoms with Gasteiger partial charge in [0.05, 0.1) is 6.61 Å². The summed E-state index contributed by atoms with van der Waals surface area (Å²) in [5, 5.41) is 0. The minimum Gasteiger partial charge on any atom is -0.487 e. The fourth-order valence-electron chi connectivity index (χ4n) is 3.78. The van der Waals surface area contributed by atoms with Crippen LogP contribution >= 0.6 is 0 Å². The first-order chi connectivity index (χ1) is 16.6. The van der Waals surface area contributed by atoms with E-state index in [1.54, 1.807) is 6.92 Å². The van der Waals surface area contributed by atoms with E-state index >= 15 is 0 Å². The molecule has 3 rings (SSSR count). The first-order valence-electron chi connectivity index (χ1n) is 12.2. The van der Waals surface area contributed by atoms with E-state index in [1.165, 1.54) is 5.56 Å². The summed E-state index contributed by atoms with van der Waals surface area (Å²) in [6, 6.07) is 14.2. The highest BCUT2D eigenvalue weighted by Crippen LogP contribution is 2.28. The molecule has 0 N–H and O–H groups in total. The van der Waals surface area contributed by atoms with Gasteiger partial charge in [0.2, 0.25) is 5.89 Å². The lowest BCUT2D eigenvalue weighted by Crippen LogP contribution is -2.29. The van der Waals surface area contributed by atoms with Crippen LogP contribution in [0.2, 0.25) is 0 Å². The lowest BCUT2D eigenvalue weighted by Gasteiger charge is -2.18. The van der Waals surface area contributed by atoms with Crippen molar-refractivity contribution in [3.05, 3.63) is 70.6 Å². The third-order valence-corrected chi connectivity index (χ3v) is 5.90. The molecule has 0 radical (unpaired) electrons. The molecule has 3 aromatic rings. The molecular formula is C29H37NO5. The number of rotatable bonds is 10. The number of carbonyl (C=O) groups is 1. The van der Waals surface area contributed by atoms with Crippen molar-refractivity contribution in [2.75, 3.05) is 13.2 Å². The standard InChI is InChI=1S/C29H37NO5/c1-8-32-26(28(31)33-9-2)17-22-12-15-24(16-19(22)3)34-18-25-20(4)35-27(30-25)21-10-13-23(14-11-21)29(5,6)7/h10-16,26H,8-9,17-18H2,1-7H3. The van der Waals surface area contributed by atoms with Crippen molar-refractivity contribution < 1.29 is 23.4 Å². The van der Waals surface area contributed by atoms with E-state index in [-0.39, 0.29) is 11.4 Å². The van der Waals surface area contributed by atoms with Crippen LogP contribution in [-0.2, 0) is 32.7 Å². The van der Waals surface area contributed by atoms with Gasteiger partial charge in [-0.15, -0.1) is 0 Å². The molecule has 35 heavy (non-hydrogen) atoms. The Bertz CT molecular complexity index is 1120. The van der Waals surface area contributed by atoms with E-state index in [2.05, 4.69) is 37.9 Å². The number of aryl methyl sites for hydroxylation is 2. The molecule has 0 fully saturated rings. The largest absolute Gasteiger partial charge is 0.487 e. The summed E-state index contributed by atoms with van der Waals surface area (Å²) in [5.74, 6) is 1.73. The first kappa shape index (κ1) is 26.5. The monoisotopic (exact) mass is 479 g/mol. The summed E-state index contributed by atoms with van der Waals surface area (Å²) in [6.45, 7) is 15.2. The van der Waals surface area contributed by atoms with Gasteiger partial charge >= 0.3 is 5.97 Å². The van der Waals surface area contributed by atoms with Crippen LogP contribution in [0.1, 0.15) is 62.8 Å². The van der Waals surface area contributed by atoms with E-state index in [9.17, 15) is 4.79 Å². The Morgan fingerprint density at radius 2 is 1.74 bits per heavy atom. The molecule has 6 heteroatoms. The summed E-state index contributed by atoms with van der Waals surface area (Å²) < 4.78 is 22.7. The molecule has 6 nitrogen and oxygen atoms in total. The minimum absolute atomic E-state index is 0.0977. The summed E-state index contributed by atoms with van der Waals surface area (Å²) in [5.41, 5.74) is 5.11. The average molecular weight is 480 g/mol. The zero-order chi connectivity index (χ0) is 25.6. The topological polar surface area (TPSA) is 70.8 Å². The van der Waals surface area contributed by atoms with Crippen molar-refractivity contribution in [2.24, 2.45) is 0 Å². The predicted octanol–water partition coefficient (Wildman–Crippen LogP) is 6.35. The van der Waals surface area contributed by atoms with Gasteiger partial charge in [-0.1, -0.05) is 39.0 Å². The second-order valence-electron chi connectivity index (χ2n) is 9.63. The Hall–Kier alpha value is -3.12. The van der Waals surface area contributed by atoms with Crippen molar-refractivity contribution >= 4 is 5.97 Å². The van der Waals surface area contributed by atoms with Crippen LogP contribution in [0.3, 0.4) is 0 Å². The van der Waals surface area contributed by atoms with E-state index in [4.69, 9.17) is 18.6 Å². The van der Waals surface area contributed by atoms with Gasteiger partial charge in [0, 0.05) is 18.6 Å². The molecule has 0 aliphatic rings. The van der Waals surface area contributed by atoms with E-state index in [0.29, 0.717) is 32.1 Å². The molecular weight excluding hydrogens is 442 g/mol. The van der Waals surface area contributed by atoms with Crippen molar-refractivity contribution in [3.8, 4) is 17.2 Å². The van der Waals surface area contributed by atoms with Crippen molar-refractivity contribution in [3.63, 3.8) is 0 Å². The third kappa shape index (κ3) is 6.95. The summed E-state index contributed by atoms with van der Waals surface area (Å²) in [7, 11) is 0. The summed E-state index contributed by atoms with van der Waals surface area (Å²) >= 11 is 0. The highest BCUT2D eigenvalue weighted by Gasteiger charge is 2.21. The lowest BCUT2D eigenvalue weighted by atomic mass is 9.87. The summed E-state index contributed by atoms with van der Waals surface area (Å²) in [6.07, 6.45) is -0.155. The van der Waals surface area contributed by atoms with Crippen LogP contribution in [0.25, 0.3) is 11.5 Å². The van der Waals surface area contributed by atoms with E-state index < -0.39 is 6.10 Å². The number of oxazole rings is 1. The number of hydrogen-bond acceptors (Lipinski definition) is 6. The zero-order valence-electron chi connectivity index (χ0n) is 21.9. The lowest BCUT2D eigenvalue weighted by molar-refractivity contribution is -0.156. The molecule has 0 saturated carbocycles. The molecule has 0 spiro atoms. The molecule has 0 aliphatic heterocycles. The Balaban J connectivity index is 1.66. The van der Waals surface area contributed by atoms with E-state index in [0.717, 1.165) is 33.9 Å². The molecule has 188 valence electrons. The molecule has 0 amide bonds. The van der Waals surface area contributed by atoms with Gasteiger partial charge < -0.3 is 18.6 Å². The molecule has 1 heterocycles. The fourth-order valence-corrected chi connectivity index (χ4v) is 3.78. The number of carbonyl (C=O) groups excluding carboxylic acids is 1. The second kappa shape index (κ2) is 11.5. The number of nitrogens with zero attached hydrogens (tertiary/aromatic N) is 1. The quantitative estimate of drug-likeness (QED) is 0.316. The van der Waals surface area contributed by atoms with Crippen molar-refractivity contribution in [2.45, 2.75) is 73.0 Å². The minimum atomic E-state index is -0.612. The highest BCUT2D eigenvalue weighted by atomic mass is 16.6. The van der Waals surface area contributed by atoms with Gasteiger partial charge in [-0.2, -0.15) is 0 Å². The molecule has 0 bridgehead atoms. The Morgan fingerprint density at radius 3 is 2.34 bits per heavy atom. The number of esters is 1. The maximum atomic E-state index is 12.2. The summed E-state index contributed by atoms with van der Waals surface area (Å²) in [4.78, 5) is 16.8. The molecule has 2 aromatic carbocycles. The van der Waals surface area contributed by atoms with Gasteiger partial charge in [0.25, 0.3) is 0 Å². The molecule has 0 saturated heterocycles. The van der Waals surface area contributed by atoms with Gasteiger partial charge in [-0.05, 0) is 74.1 Å². The number of aromatic nitrogens is 1. The second-order valence-corrected chi connectivity index (χ2v) is 9.63. The van der Waals surface area contributed by atoms with Gasteiger partial charge in [0.1, 0.15) is 23.8 Å². The van der Waals surface area contributed by atoms with Crippen LogP contribution in [0.15, 0.2) is 46.9 Å². The number of ether oxygens (including phenoxy) is 3. The number of hydrogen-bond donors (Lipinski definition) is 0. The normalized spacial score (nSPS) is 12.4. The zero-order valence-corrected chi connectivity index (χ0v) is 21.9. The molecule has 1 atom stereocenters. The SMILES string of the molecule is CCOC(=O)C(Cc1ccc(OCc2nc(-c3ccc(C(C)(C)C)cc3)oc2C)cc1C)OCC. The first-order valence-corrected chi connectivity index (χ1v) is 12.2. The van der Waals surface area contributed by atoms with E-state index in [1.807, 2.05) is 51.1 Å². The van der Waals surface area contributed by atoms with Gasteiger partial charge in [0.15, 0.2) is 6.10 Å². The number of benzene rings is 2. The van der Waals surface area contributed by atoms with Crippen LogP contribution < -0.4 is 4.74 Å². The van der Waals surface area contributed by atoms with Gasteiger partial charge in [-0.25, -0.2) is 9.78 Å². The Morgan fingerprint density at radius 1 is 1.03 bits per heavy atom. The maximum Gasteiger partial charge on any atom is 0.335 e. The molecule has 1 unspecified atom stereocenters. The van der Waals surface area contributed by atoms with Crippen LogP contribution in [0, 0.1) is 13.8 Å². The van der Waals surface area contributed by atoms with Crippen LogP contribution in [-0.4, -0.2) is 30.3 Å². The van der Waals surface area contributed by atoms with Crippen LogP contribution in [0.5, 0.6) is 5.75 Å². The smallest absolute Gasteiger partial charge is 0.335 e. The van der Waals surface area contributed by atoms with Crippen molar-refractivity contribution in [1.82, 2.24) is 4.98 Å². The Labute approximate surface area is 208 Å². The Kier molecular flexibility index (Phi) is 8.73. The third-order valence-electron chi connectivity index (χ3n) is 5.90. The van der Waals surface area contributed by atoms with Crippen LogP contribution in [0.4, 0.5) is 0 Å². The molecule has 0 aliphatic carbocycles.